The molecule has 0 spiro atoms. The molecule has 1 unspecified atom stereocenters. The maximum atomic E-state index is 13.4. The number of ether oxygens (including phenoxy) is 4. The summed E-state index contributed by atoms with van der Waals surface area (Å²) in [5, 5.41) is 0. The van der Waals surface area contributed by atoms with E-state index in [9.17, 15) is 9.59 Å². The first-order valence-electron chi connectivity index (χ1n) is 9.82. The van der Waals surface area contributed by atoms with Gasteiger partial charge in [0.2, 0.25) is 5.72 Å². The molecule has 8 heteroatoms. The summed E-state index contributed by atoms with van der Waals surface area (Å²) < 4.78 is 22.0. The molecule has 2 N–H and O–H groups in total. The van der Waals surface area contributed by atoms with E-state index in [1.54, 1.807) is 0 Å². The maximum Gasteiger partial charge on any atom is 0.356 e. The lowest BCUT2D eigenvalue weighted by molar-refractivity contribution is -0.249. The van der Waals surface area contributed by atoms with Crippen molar-refractivity contribution in [3.63, 3.8) is 0 Å². The summed E-state index contributed by atoms with van der Waals surface area (Å²) in [4.78, 5) is 27.4. The minimum atomic E-state index is -1.64. The lowest BCUT2D eigenvalue weighted by Crippen LogP contribution is -2.80. The first-order valence-corrected chi connectivity index (χ1v) is 9.82. The van der Waals surface area contributed by atoms with Gasteiger partial charge in [-0.2, -0.15) is 0 Å². The molecule has 2 aromatic rings. The summed E-state index contributed by atoms with van der Waals surface area (Å²) in [6.07, 6.45) is -1.58. The van der Waals surface area contributed by atoms with Crippen LogP contribution < -0.4 is 5.73 Å². The fourth-order valence-corrected chi connectivity index (χ4v) is 3.82. The lowest BCUT2D eigenvalue weighted by Gasteiger charge is -2.54. The molecule has 0 aromatic heterocycles. The Kier molecular flexibility index (Phi) is 5.88. The molecule has 1 amide bonds. The number of rotatable bonds is 7. The Morgan fingerprint density at radius 3 is 2.23 bits per heavy atom. The molecule has 1 saturated heterocycles. The van der Waals surface area contributed by atoms with Crippen molar-refractivity contribution in [1.29, 1.82) is 0 Å². The molecule has 2 atom stereocenters. The van der Waals surface area contributed by atoms with Crippen LogP contribution in [-0.2, 0) is 28.5 Å². The Bertz CT molecular complexity index is 954. The van der Waals surface area contributed by atoms with Crippen LogP contribution in [0.3, 0.4) is 0 Å². The van der Waals surface area contributed by atoms with Crippen LogP contribution in [0.2, 0.25) is 0 Å². The second kappa shape index (κ2) is 8.60. The number of carbonyl (C=O) groups is 2. The van der Waals surface area contributed by atoms with Gasteiger partial charge in [0.15, 0.2) is 12.3 Å². The van der Waals surface area contributed by atoms with Gasteiger partial charge in [-0.15, -0.1) is 0 Å². The van der Waals surface area contributed by atoms with Gasteiger partial charge in [-0.1, -0.05) is 60.7 Å². The van der Waals surface area contributed by atoms with E-state index in [1.165, 1.54) is 19.1 Å². The van der Waals surface area contributed by atoms with Gasteiger partial charge >= 0.3 is 5.97 Å². The molecule has 1 fully saturated rings. The average molecular weight is 424 g/mol. The highest BCUT2D eigenvalue weighted by Crippen LogP contribution is 2.40. The highest BCUT2D eigenvalue weighted by atomic mass is 16.6. The van der Waals surface area contributed by atoms with Crippen molar-refractivity contribution in [2.24, 2.45) is 5.73 Å². The van der Waals surface area contributed by atoms with E-state index in [-0.39, 0.29) is 18.9 Å². The normalized spacial score (nSPS) is 22.9. The summed E-state index contributed by atoms with van der Waals surface area (Å²) in [5.74, 6) is -1.24. The predicted molar refractivity (Wildman–Crippen MR) is 110 cm³/mol. The number of carbonyl (C=O) groups excluding carboxylic acids is 2. The number of hydrogen-bond donors (Lipinski definition) is 1. The second-order valence-electron chi connectivity index (χ2n) is 7.33. The van der Waals surface area contributed by atoms with E-state index in [4.69, 9.17) is 24.7 Å². The number of amides is 1. The second-order valence-corrected chi connectivity index (χ2v) is 7.33. The van der Waals surface area contributed by atoms with E-state index < -0.39 is 29.9 Å². The van der Waals surface area contributed by atoms with Gasteiger partial charge in [-0.05, 0) is 11.1 Å². The van der Waals surface area contributed by atoms with Crippen molar-refractivity contribution in [2.75, 3.05) is 27.4 Å². The number of benzene rings is 2. The van der Waals surface area contributed by atoms with Crippen LogP contribution in [0.5, 0.6) is 0 Å². The van der Waals surface area contributed by atoms with Gasteiger partial charge in [-0.25, -0.2) is 4.79 Å². The summed E-state index contributed by atoms with van der Waals surface area (Å²) in [6.45, 7) is 0.170. The number of nitrogens with zero attached hydrogens (tertiary/aromatic N) is 1. The van der Waals surface area contributed by atoms with Gasteiger partial charge < -0.3 is 18.9 Å². The number of esters is 1. The van der Waals surface area contributed by atoms with Crippen LogP contribution in [0.1, 0.15) is 17.2 Å². The van der Waals surface area contributed by atoms with E-state index in [0.29, 0.717) is 5.57 Å². The highest BCUT2D eigenvalue weighted by Gasteiger charge is 2.64. The summed E-state index contributed by atoms with van der Waals surface area (Å²) >= 11 is 0. The van der Waals surface area contributed by atoms with E-state index in [1.807, 2.05) is 60.7 Å². The summed E-state index contributed by atoms with van der Waals surface area (Å²) in [5.41, 5.74) is 6.57. The zero-order valence-corrected chi connectivity index (χ0v) is 17.3. The maximum absolute atomic E-state index is 13.4. The molecular formula is C23H24N2O6. The van der Waals surface area contributed by atoms with Crippen molar-refractivity contribution >= 4 is 11.9 Å². The van der Waals surface area contributed by atoms with Gasteiger partial charge in [0, 0.05) is 19.8 Å². The molecule has 4 rings (SSSR count). The number of fused-ring (bicyclic) bond motifs is 1. The first-order chi connectivity index (χ1) is 15.0. The van der Waals surface area contributed by atoms with E-state index in [0.717, 1.165) is 11.1 Å². The molecule has 2 aliphatic heterocycles. The highest BCUT2D eigenvalue weighted by molar-refractivity contribution is 6.02. The zero-order valence-electron chi connectivity index (χ0n) is 17.3. The SMILES string of the molecule is COCC1=C(C(=O)OC(c2ccccc2)c2ccccc2)N2C(=O)[C@](N)(OC)C2OC1. The van der Waals surface area contributed by atoms with Crippen molar-refractivity contribution in [3.05, 3.63) is 83.1 Å². The first kappa shape index (κ1) is 21.2. The quantitative estimate of drug-likeness (QED) is 0.410. The number of methoxy groups -OCH3 is 2. The third-order valence-corrected chi connectivity index (χ3v) is 5.42. The predicted octanol–water partition coefficient (Wildman–Crippen LogP) is 1.72. The molecule has 0 saturated carbocycles. The number of nitrogens with two attached hydrogens (primary N) is 1. The Hall–Kier alpha value is -3.04. The van der Waals surface area contributed by atoms with Gasteiger partial charge in [0.05, 0.1) is 13.2 Å². The minimum absolute atomic E-state index is 0.0658. The fraction of sp³-hybridized carbons (Fsp3) is 0.304. The third-order valence-electron chi connectivity index (χ3n) is 5.42. The van der Waals surface area contributed by atoms with Crippen molar-refractivity contribution in [1.82, 2.24) is 4.90 Å². The summed E-state index contributed by atoms with van der Waals surface area (Å²) in [7, 11) is 2.82. The third kappa shape index (κ3) is 3.64. The molecule has 2 aromatic carbocycles. The molecule has 2 aliphatic rings. The van der Waals surface area contributed by atoms with E-state index in [2.05, 4.69) is 0 Å². The zero-order chi connectivity index (χ0) is 22.0. The molecule has 2 heterocycles. The van der Waals surface area contributed by atoms with Crippen LogP contribution >= 0.6 is 0 Å². The average Bonchev–Trinajstić information content (AvgIpc) is 2.82. The summed E-state index contributed by atoms with van der Waals surface area (Å²) in [6, 6.07) is 18.8. The molecular weight excluding hydrogens is 400 g/mol. The molecule has 0 bridgehead atoms. The van der Waals surface area contributed by atoms with Gasteiger partial charge in [0.25, 0.3) is 5.91 Å². The van der Waals surface area contributed by atoms with Gasteiger partial charge in [0.1, 0.15) is 5.70 Å². The van der Waals surface area contributed by atoms with Crippen molar-refractivity contribution < 1.29 is 28.5 Å². The van der Waals surface area contributed by atoms with Crippen LogP contribution in [0.15, 0.2) is 71.9 Å². The lowest BCUT2D eigenvalue weighted by atomic mass is 9.95. The van der Waals surface area contributed by atoms with Crippen LogP contribution in [0, 0.1) is 0 Å². The van der Waals surface area contributed by atoms with Crippen LogP contribution in [0.25, 0.3) is 0 Å². The Morgan fingerprint density at radius 2 is 1.71 bits per heavy atom. The Morgan fingerprint density at radius 1 is 1.13 bits per heavy atom. The molecule has 0 aliphatic carbocycles. The molecule has 8 nitrogen and oxygen atoms in total. The smallest absolute Gasteiger partial charge is 0.356 e. The molecule has 0 radical (unpaired) electrons. The fourth-order valence-electron chi connectivity index (χ4n) is 3.82. The topological polar surface area (TPSA) is 100 Å². The molecule has 162 valence electrons. The number of hydrogen-bond acceptors (Lipinski definition) is 7. The van der Waals surface area contributed by atoms with E-state index >= 15 is 0 Å². The van der Waals surface area contributed by atoms with Crippen molar-refractivity contribution in [3.8, 4) is 0 Å². The van der Waals surface area contributed by atoms with Crippen LogP contribution in [-0.4, -0.2) is 56.2 Å². The number of β-lactam (4-membered cyclic amide) rings is 1. The Labute approximate surface area is 180 Å². The van der Waals surface area contributed by atoms with Crippen molar-refractivity contribution in [2.45, 2.75) is 18.1 Å². The monoisotopic (exact) mass is 424 g/mol. The minimum Gasteiger partial charge on any atom is -0.448 e. The Balaban J connectivity index is 1.69. The van der Waals surface area contributed by atoms with Gasteiger partial charge in [-0.3, -0.25) is 15.4 Å². The standard InChI is InChI=1S/C23H24N2O6/c1-28-13-17-14-30-22-23(24,29-2)21(27)25(22)18(17)20(26)31-19(15-9-5-3-6-10-15)16-11-7-4-8-12-16/h3-12,19,22H,13-14,24H2,1-2H3/t22?,23-/m0/s1. The van der Waals surface area contributed by atoms with Crippen LogP contribution in [0.4, 0.5) is 0 Å². The molecule has 31 heavy (non-hydrogen) atoms. The largest absolute Gasteiger partial charge is 0.448 e.